The minimum atomic E-state index is -2.72. The highest BCUT2D eigenvalue weighted by Crippen LogP contribution is 2.56. The van der Waals surface area contributed by atoms with Gasteiger partial charge in [-0.15, -0.1) is 0 Å². The minimum Gasteiger partial charge on any atom is -0.460 e. The number of nitrogens with zero attached hydrogens (tertiary/aromatic N) is 4. The van der Waals surface area contributed by atoms with E-state index in [4.69, 9.17) is 26.1 Å². The number of hydrogen-bond donors (Lipinski definition) is 0. The number of carbonyl (C=O) groups excluding carboxylic acids is 1. The Morgan fingerprint density at radius 1 is 1.06 bits per heavy atom. The van der Waals surface area contributed by atoms with Crippen LogP contribution in [0.5, 0.6) is 0 Å². The molecular weight excluding hydrogens is 505 g/mol. The van der Waals surface area contributed by atoms with Crippen LogP contribution in [0.15, 0.2) is 53.5 Å². The van der Waals surface area contributed by atoms with Gasteiger partial charge >= 0.3 is 5.97 Å². The van der Waals surface area contributed by atoms with Gasteiger partial charge in [-0.2, -0.15) is 10.1 Å². The van der Waals surface area contributed by atoms with Crippen molar-refractivity contribution in [1.29, 1.82) is 0 Å². The molecule has 1 fully saturated rings. The summed E-state index contributed by atoms with van der Waals surface area (Å²) in [6.07, 6.45) is 0.499. The molecule has 0 aliphatic carbocycles. The fourth-order valence-electron chi connectivity index (χ4n) is 4.38. The molecule has 36 heavy (non-hydrogen) atoms. The lowest BCUT2D eigenvalue weighted by Gasteiger charge is -2.38. The van der Waals surface area contributed by atoms with Gasteiger partial charge in [-0.1, -0.05) is 6.42 Å². The first kappa shape index (κ1) is 24.7. The molecule has 1 unspecified atom stereocenters. The van der Waals surface area contributed by atoms with E-state index in [1.54, 1.807) is 16.8 Å². The van der Waals surface area contributed by atoms with Gasteiger partial charge in [0.05, 0.1) is 17.8 Å². The number of hydrogen-bond acceptors (Lipinski definition) is 6. The number of piperidine rings is 1. The smallest absolute Gasteiger partial charge is 0.338 e. The van der Waals surface area contributed by atoms with Gasteiger partial charge in [0.2, 0.25) is 12.3 Å². The molecule has 2 aliphatic heterocycles. The van der Waals surface area contributed by atoms with Gasteiger partial charge in [0, 0.05) is 18.7 Å². The molecule has 11 heteroatoms. The first-order valence-corrected chi connectivity index (χ1v) is 14.4. The summed E-state index contributed by atoms with van der Waals surface area (Å²) < 4.78 is 42.5. The number of ether oxygens (including phenoxy) is 1. The van der Waals surface area contributed by atoms with Crippen LogP contribution in [0.25, 0.3) is 0 Å². The van der Waals surface area contributed by atoms with Gasteiger partial charge in [-0.3, -0.25) is 0 Å². The van der Waals surface area contributed by atoms with E-state index in [9.17, 15) is 13.6 Å². The van der Waals surface area contributed by atoms with Crippen molar-refractivity contribution in [2.24, 2.45) is 4.99 Å². The zero-order valence-electron chi connectivity index (χ0n) is 19.7. The maximum Gasteiger partial charge on any atom is 0.338 e. The predicted octanol–water partition coefficient (Wildman–Crippen LogP) is 4.86. The largest absolute Gasteiger partial charge is 0.460 e. The second-order valence-electron chi connectivity index (χ2n) is 8.67. The lowest BCUT2D eigenvalue weighted by atomic mass is 10.2. The van der Waals surface area contributed by atoms with Crippen LogP contribution >= 0.6 is 6.42 Å². The average molecular weight is 531 g/mol. The third-order valence-electron chi connectivity index (χ3n) is 6.18. The van der Waals surface area contributed by atoms with Crippen molar-refractivity contribution in [1.82, 2.24) is 14.5 Å². The molecule has 0 spiro atoms. The van der Waals surface area contributed by atoms with Crippen molar-refractivity contribution in [3.8, 4) is 0 Å². The van der Waals surface area contributed by atoms with Crippen molar-refractivity contribution < 1.29 is 22.8 Å². The normalized spacial score (nSPS) is 19.8. The molecule has 0 radical (unpaired) electrons. The number of halogens is 2. The molecular formula is C25H25F2N4O3PS. The number of carbonyl (C=O) groups is 1. The molecule has 188 valence electrons. The second kappa shape index (κ2) is 10.2. The number of fused-ring (bicyclic) bond motifs is 1. The van der Waals surface area contributed by atoms with Gasteiger partial charge in [-0.05, 0) is 80.1 Å². The number of aryl methyl sites for hydroxylation is 1. The molecule has 7 nitrogen and oxygen atoms in total. The second-order valence-corrected chi connectivity index (χ2v) is 12.4. The van der Waals surface area contributed by atoms with Crippen molar-refractivity contribution in [2.45, 2.75) is 32.7 Å². The van der Waals surface area contributed by atoms with Crippen LogP contribution in [0.4, 0.5) is 14.6 Å². The van der Waals surface area contributed by atoms with E-state index in [1.807, 2.05) is 6.92 Å². The SMILES string of the molecule is Cc1nn(CCOC(=O)c2ccc(F)cc2)c2c1P(=S)(N1CCCCC1)OC(c1ccc(F)cc1)=N2. The molecule has 1 saturated heterocycles. The maximum atomic E-state index is 13.6. The molecule has 2 aliphatic rings. The van der Waals surface area contributed by atoms with Crippen LogP contribution < -0.4 is 5.30 Å². The van der Waals surface area contributed by atoms with E-state index >= 15 is 0 Å². The summed E-state index contributed by atoms with van der Waals surface area (Å²) in [5.74, 6) is -0.419. The Morgan fingerprint density at radius 3 is 2.36 bits per heavy atom. The Bertz CT molecular complexity index is 1350. The van der Waals surface area contributed by atoms with E-state index < -0.39 is 18.2 Å². The molecule has 3 aromatic rings. The first-order chi connectivity index (χ1) is 17.3. The fraction of sp³-hybridized carbons (Fsp3) is 0.320. The number of esters is 1. The molecule has 0 bridgehead atoms. The van der Waals surface area contributed by atoms with Crippen molar-refractivity contribution in [3.63, 3.8) is 0 Å². The number of aliphatic imine (C=N–C) groups is 1. The molecule has 0 N–H and O–H groups in total. The van der Waals surface area contributed by atoms with Crippen LogP contribution in [0.3, 0.4) is 0 Å². The number of benzene rings is 2. The van der Waals surface area contributed by atoms with Crippen molar-refractivity contribution in [2.75, 3.05) is 19.7 Å². The van der Waals surface area contributed by atoms with Gasteiger partial charge in [0.25, 0.3) is 0 Å². The number of aromatic nitrogens is 2. The zero-order chi connectivity index (χ0) is 25.3. The lowest BCUT2D eigenvalue weighted by molar-refractivity contribution is 0.0488. The Balaban J connectivity index is 1.45. The van der Waals surface area contributed by atoms with Crippen molar-refractivity contribution >= 4 is 41.2 Å². The predicted molar refractivity (Wildman–Crippen MR) is 137 cm³/mol. The van der Waals surface area contributed by atoms with Gasteiger partial charge in [0.1, 0.15) is 23.5 Å². The molecule has 0 saturated carbocycles. The van der Waals surface area contributed by atoms with Crippen LogP contribution in [0, 0.1) is 18.6 Å². The van der Waals surface area contributed by atoms with E-state index in [1.165, 1.54) is 36.4 Å². The summed E-state index contributed by atoms with van der Waals surface area (Å²) in [5, 5.41) is 5.47. The summed E-state index contributed by atoms with van der Waals surface area (Å²) in [6, 6.07) is 11.1. The molecule has 1 atom stereocenters. The van der Waals surface area contributed by atoms with Gasteiger partial charge < -0.3 is 9.26 Å². The molecule has 5 rings (SSSR count). The summed E-state index contributed by atoms with van der Waals surface area (Å²) >= 11 is 6.25. The number of rotatable bonds is 6. The maximum absolute atomic E-state index is 13.6. The van der Waals surface area contributed by atoms with Crippen LogP contribution in [0.2, 0.25) is 0 Å². The average Bonchev–Trinajstić information content (AvgIpc) is 3.21. The highest BCUT2D eigenvalue weighted by molar-refractivity contribution is 8.15. The van der Waals surface area contributed by atoms with E-state index in [0.29, 0.717) is 17.3 Å². The van der Waals surface area contributed by atoms with Crippen molar-refractivity contribution in [3.05, 3.63) is 77.0 Å². The van der Waals surface area contributed by atoms with Gasteiger partial charge in [-0.25, -0.2) is 22.9 Å². The third kappa shape index (κ3) is 4.85. The Kier molecular flexibility index (Phi) is 7.01. The van der Waals surface area contributed by atoms with E-state index in [-0.39, 0.29) is 24.5 Å². The fourth-order valence-corrected chi connectivity index (χ4v) is 8.27. The monoisotopic (exact) mass is 530 g/mol. The highest BCUT2D eigenvalue weighted by Gasteiger charge is 2.41. The topological polar surface area (TPSA) is 69.0 Å². The summed E-state index contributed by atoms with van der Waals surface area (Å²) in [7, 11) is 0. The third-order valence-corrected chi connectivity index (χ3v) is 10.3. The van der Waals surface area contributed by atoms with Crippen LogP contribution in [-0.4, -0.2) is 46.0 Å². The molecule has 0 amide bonds. The molecule has 3 heterocycles. The van der Waals surface area contributed by atoms with E-state index in [2.05, 4.69) is 9.77 Å². The first-order valence-electron chi connectivity index (χ1n) is 11.8. The zero-order valence-corrected chi connectivity index (χ0v) is 21.4. The Hall–Kier alpha value is -2.94. The molecule has 1 aromatic heterocycles. The summed E-state index contributed by atoms with van der Waals surface area (Å²) in [4.78, 5) is 17.1. The van der Waals surface area contributed by atoms with Gasteiger partial charge in [0.15, 0.2) is 5.82 Å². The Morgan fingerprint density at radius 2 is 1.69 bits per heavy atom. The standard InChI is InChI=1S/C25H25F2N4O3PS/c1-17-22-23(31(29-17)15-16-33-25(32)19-7-11-21(27)12-8-19)28-24(18-5-9-20(26)10-6-18)34-35(22,36)30-13-3-2-4-14-30/h5-12H,2-4,13-16H2,1H3. The van der Waals surface area contributed by atoms with Crippen LogP contribution in [-0.2, 0) is 27.6 Å². The highest BCUT2D eigenvalue weighted by atomic mass is 32.4. The Labute approximate surface area is 212 Å². The quantitative estimate of drug-likeness (QED) is 0.335. The van der Waals surface area contributed by atoms with Crippen LogP contribution in [0.1, 0.15) is 40.9 Å². The summed E-state index contributed by atoms with van der Waals surface area (Å²) in [5.41, 5.74) is 1.62. The molecule has 2 aromatic carbocycles. The van der Waals surface area contributed by atoms with E-state index in [0.717, 1.165) is 43.4 Å². The summed E-state index contributed by atoms with van der Waals surface area (Å²) in [6.45, 7) is 3.82. The lowest BCUT2D eigenvalue weighted by Crippen LogP contribution is -2.35. The minimum absolute atomic E-state index is 0.0403.